The summed E-state index contributed by atoms with van der Waals surface area (Å²) in [7, 11) is 0. The van der Waals surface area contributed by atoms with Gasteiger partial charge in [0.25, 0.3) is 0 Å². The molecule has 4 aromatic rings. The van der Waals surface area contributed by atoms with Crippen LogP contribution in [0.4, 0.5) is 0 Å². The third kappa shape index (κ3) is 10.7. The van der Waals surface area contributed by atoms with Gasteiger partial charge in [-0.2, -0.15) is 35.4 Å². The fourth-order valence-corrected chi connectivity index (χ4v) is 6.72. The summed E-state index contributed by atoms with van der Waals surface area (Å²) in [6.07, 6.45) is 11.0. The average Bonchev–Trinajstić information content (AvgIpc) is 3.71. The van der Waals surface area contributed by atoms with Crippen LogP contribution in [0.2, 0.25) is 0 Å². The third-order valence-electron chi connectivity index (χ3n) is 8.11. The van der Waals surface area contributed by atoms with E-state index < -0.39 is 7.59 Å². The molecule has 0 unspecified atom stereocenters. The maximum Gasteiger partial charge on any atom is -0.109 e. The quantitative estimate of drug-likeness (QED) is 0.123. The van der Waals surface area contributed by atoms with E-state index in [2.05, 4.69) is 90.1 Å². The Morgan fingerprint density at radius 3 is 1.50 bits per heavy atom. The second kappa shape index (κ2) is 16.0. The average molecular weight is 835 g/mol. The first-order valence-electron chi connectivity index (χ1n) is 15.6. The van der Waals surface area contributed by atoms with E-state index in [0.29, 0.717) is 11.1 Å². The van der Waals surface area contributed by atoms with E-state index in [-0.39, 0.29) is 10.8 Å². The van der Waals surface area contributed by atoms with Gasteiger partial charge in [-0.25, -0.2) is 12.2 Å². The molecule has 0 heterocycles. The molecule has 248 valence electrons. The zero-order valence-corrected chi connectivity index (χ0v) is 34.9. The normalized spacial score (nSPS) is 13.6. The van der Waals surface area contributed by atoms with E-state index in [1.165, 1.54) is 60.8 Å². The number of hydrogen-bond donors (Lipinski definition) is 0. The predicted molar refractivity (Wildman–Crippen MR) is 207 cm³/mol. The van der Waals surface area contributed by atoms with Gasteiger partial charge in [-0.15, -0.1) is 12.0 Å². The number of benzene rings is 4. The van der Waals surface area contributed by atoms with E-state index in [1.807, 2.05) is 60.7 Å². The van der Waals surface area contributed by atoms with Gasteiger partial charge in [-0.05, 0) is 17.4 Å². The molecule has 0 saturated heterocycles. The third-order valence-corrected chi connectivity index (χ3v) is 10.8. The molecule has 4 aromatic carbocycles. The molecule has 2 aliphatic carbocycles. The van der Waals surface area contributed by atoms with Crippen LogP contribution in [-0.4, -0.2) is 3.21 Å². The molecule has 0 amide bonds. The van der Waals surface area contributed by atoms with E-state index in [1.54, 1.807) is 0 Å². The van der Waals surface area contributed by atoms with Crippen molar-refractivity contribution in [2.45, 2.75) is 72.8 Å². The first-order valence-corrected chi connectivity index (χ1v) is 19.1. The van der Waals surface area contributed by atoms with Crippen LogP contribution in [0.15, 0.2) is 97.1 Å². The fourth-order valence-electron chi connectivity index (χ4n) is 5.14. The summed E-state index contributed by atoms with van der Waals surface area (Å²) >= 11 is 36.4. The Morgan fingerprint density at radius 2 is 1.10 bits per heavy atom. The summed E-state index contributed by atoms with van der Waals surface area (Å²) in [5.41, 5.74) is 12.2. The molecule has 48 heavy (non-hydrogen) atoms. The zero-order valence-electron chi connectivity index (χ0n) is 27.9. The van der Waals surface area contributed by atoms with Gasteiger partial charge in [0.2, 0.25) is 0 Å². The van der Waals surface area contributed by atoms with Crippen molar-refractivity contribution in [3.8, 4) is 11.1 Å². The van der Waals surface area contributed by atoms with Crippen LogP contribution in [-0.2, 0) is 49.1 Å². The Labute approximate surface area is 331 Å². The second-order valence-electron chi connectivity index (χ2n) is 13.9. The number of rotatable bonds is 2. The Hall–Kier alpha value is -1.15. The molecule has 0 radical (unpaired) electrons. The minimum Gasteiger partial charge on any atom is -0.273 e. The van der Waals surface area contributed by atoms with Gasteiger partial charge >= 0.3 is 175 Å². The number of allylic oxidation sites excluding steroid dienone is 4. The van der Waals surface area contributed by atoms with Crippen LogP contribution in [0.1, 0.15) is 92.5 Å². The molecule has 0 nitrogen and oxygen atoms in total. The SMILES string of the molecule is CC(C)(C)c1c[c-]c2c(c1)-c1cc(C(C)(C)C)ccc1C2.ClC(Cl)(Cl)c1ccc([C](=[Zr+2])c2ccc(C(Cl)(Cl)Cl)cc2)cc1.[C-]1=CC=CC1. The molecular formula is C41H38Cl6Zr. The van der Waals surface area contributed by atoms with Crippen molar-refractivity contribution in [2.75, 3.05) is 0 Å². The minimum atomic E-state index is -1.41. The monoisotopic (exact) mass is 830 g/mol. The van der Waals surface area contributed by atoms with Crippen molar-refractivity contribution < 1.29 is 24.2 Å². The van der Waals surface area contributed by atoms with Crippen LogP contribution in [0.25, 0.3) is 11.1 Å². The van der Waals surface area contributed by atoms with Gasteiger partial charge in [0.15, 0.2) is 0 Å². The van der Waals surface area contributed by atoms with Crippen LogP contribution in [0, 0.1) is 12.1 Å². The smallest absolute Gasteiger partial charge is 0.109 e. The molecule has 2 aliphatic rings. The number of alkyl halides is 6. The van der Waals surface area contributed by atoms with Crippen molar-refractivity contribution in [1.82, 2.24) is 0 Å². The Morgan fingerprint density at radius 1 is 0.625 bits per heavy atom. The van der Waals surface area contributed by atoms with E-state index in [4.69, 9.17) is 69.6 Å². The van der Waals surface area contributed by atoms with Gasteiger partial charge < -0.3 is 0 Å². The molecule has 0 N–H and O–H groups in total. The summed E-state index contributed by atoms with van der Waals surface area (Å²) in [6, 6.07) is 30.0. The Balaban J connectivity index is 0.000000189. The maximum absolute atomic E-state index is 5.86. The van der Waals surface area contributed by atoms with Gasteiger partial charge in [0.05, 0.1) is 0 Å². The van der Waals surface area contributed by atoms with Crippen molar-refractivity contribution in [3.63, 3.8) is 0 Å². The second-order valence-corrected chi connectivity index (χ2v) is 19.6. The maximum atomic E-state index is 5.86. The summed E-state index contributed by atoms with van der Waals surface area (Å²) in [4.78, 5) is 0. The molecule has 0 atom stereocenters. The van der Waals surface area contributed by atoms with Gasteiger partial charge in [0.1, 0.15) is 0 Å². The Bertz CT molecular complexity index is 1660. The van der Waals surface area contributed by atoms with Gasteiger partial charge in [0, 0.05) is 0 Å². The first kappa shape index (κ1) is 39.6. The summed E-state index contributed by atoms with van der Waals surface area (Å²) in [5.74, 6) is 0. The summed E-state index contributed by atoms with van der Waals surface area (Å²) in [6.45, 7) is 13.6. The number of fused-ring (bicyclic) bond motifs is 3. The van der Waals surface area contributed by atoms with Crippen molar-refractivity contribution in [3.05, 3.63) is 154 Å². The van der Waals surface area contributed by atoms with Crippen LogP contribution in [0.5, 0.6) is 0 Å². The molecule has 0 saturated carbocycles. The number of hydrogen-bond acceptors (Lipinski definition) is 0. The standard InChI is InChI=1S/C21H25.C15H8Cl6.C5H5.Zr/c1-20(2,3)16-9-7-14-11-15-8-10-17(21(4,5)6)13-19(15)18(14)12-16;16-14(17,18)12-5-1-10(2-6-12)9-11-3-7-13(8-4-11)15(19,20)21;1-2-4-5-3-1;/h7,9-10,12-13H,11H2,1-6H3;1-8H;1-3H,4H2;/q-1;;-1;+2. The molecule has 0 spiro atoms. The summed E-state index contributed by atoms with van der Waals surface area (Å²) < 4.78 is -1.66. The molecule has 6 rings (SSSR count). The largest absolute Gasteiger partial charge is 0.273 e. The van der Waals surface area contributed by atoms with Crippen molar-refractivity contribution in [1.29, 1.82) is 0 Å². The molecule has 0 aromatic heterocycles. The van der Waals surface area contributed by atoms with Crippen molar-refractivity contribution >= 4 is 72.8 Å². The van der Waals surface area contributed by atoms with E-state index >= 15 is 0 Å². The molecule has 0 aliphatic heterocycles. The molecule has 0 bridgehead atoms. The molecule has 0 fully saturated rings. The molecule has 7 heteroatoms. The van der Waals surface area contributed by atoms with Crippen LogP contribution < -0.4 is 0 Å². The predicted octanol–water partition coefficient (Wildman–Crippen LogP) is 13.4. The van der Waals surface area contributed by atoms with Gasteiger partial charge in [-0.1, -0.05) is 76.3 Å². The topological polar surface area (TPSA) is 0 Å². The first-order chi connectivity index (χ1) is 22.2. The zero-order chi connectivity index (χ0) is 35.5. The van der Waals surface area contributed by atoms with Crippen molar-refractivity contribution in [2.24, 2.45) is 0 Å². The minimum absolute atomic E-state index is 0.177. The van der Waals surface area contributed by atoms with E-state index in [0.717, 1.165) is 24.0 Å². The van der Waals surface area contributed by atoms with Gasteiger partial charge in [-0.3, -0.25) is 6.08 Å². The molecular weight excluding hydrogens is 796 g/mol. The summed E-state index contributed by atoms with van der Waals surface area (Å²) in [5, 5.41) is 0. The van der Waals surface area contributed by atoms with E-state index in [9.17, 15) is 0 Å². The van der Waals surface area contributed by atoms with Crippen LogP contribution in [0.3, 0.4) is 0 Å². The van der Waals surface area contributed by atoms with Crippen LogP contribution >= 0.6 is 69.6 Å². The Kier molecular flexibility index (Phi) is 13.2. The number of halogens is 6. The fraction of sp³-hybridized carbons (Fsp3) is 0.293.